The van der Waals surface area contributed by atoms with Crippen molar-refractivity contribution in [3.05, 3.63) is 78.2 Å². The summed E-state index contributed by atoms with van der Waals surface area (Å²) in [5, 5.41) is 0.585. The van der Waals surface area contributed by atoms with Crippen molar-refractivity contribution >= 4 is 18.8 Å². The molecular formula is C20H24NO4P. The first kappa shape index (κ1) is 20.0. The van der Waals surface area contributed by atoms with E-state index in [1.54, 1.807) is 26.0 Å². The molecule has 0 aliphatic carbocycles. The van der Waals surface area contributed by atoms with Crippen molar-refractivity contribution in [2.45, 2.75) is 20.4 Å². The molecule has 1 atom stereocenters. The summed E-state index contributed by atoms with van der Waals surface area (Å²) in [6.07, 6.45) is 0.998. The summed E-state index contributed by atoms with van der Waals surface area (Å²) in [6, 6.07) is 18.5. The van der Waals surface area contributed by atoms with Gasteiger partial charge < -0.3 is 9.26 Å². The third kappa shape index (κ3) is 5.58. The van der Waals surface area contributed by atoms with E-state index in [0.29, 0.717) is 18.5 Å². The lowest BCUT2D eigenvalue weighted by Crippen LogP contribution is -2.26. The number of hydrogen-bond acceptors (Lipinski definition) is 4. The summed E-state index contributed by atoms with van der Waals surface area (Å²) in [5.41, 5.74) is 0.941. The Morgan fingerprint density at radius 1 is 1.00 bits per heavy atom. The number of hydrogen-bond donors (Lipinski definition) is 0. The third-order valence-electron chi connectivity index (χ3n) is 3.58. The van der Waals surface area contributed by atoms with Crippen molar-refractivity contribution in [1.29, 1.82) is 0 Å². The summed E-state index contributed by atoms with van der Waals surface area (Å²) in [7, 11) is -3.22. The zero-order valence-electron chi connectivity index (χ0n) is 15.1. The second-order valence-electron chi connectivity index (χ2n) is 5.46. The Labute approximate surface area is 154 Å². The number of ether oxygens (including phenoxy) is 1. The molecule has 0 N–H and O–H groups in total. The molecule has 0 bridgehead atoms. The Morgan fingerprint density at radius 3 is 2.19 bits per heavy atom. The van der Waals surface area contributed by atoms with E-state index in [4.69, 9.17) is 9.26 Å². The number of benzene rings is 2. The van der Waals surface area contributed by atoms with Gasteiger partial charge in [-0.2, -0.15) is 0 Å². The molecule has 0 aliphatic heterocycles. The molecule has 138 valence electrons. The Balaban J connectivity index is 2.28. The van der Waals surface area contributed by atoms with Crippen molar-refractivity contribution in [2.75, 3.05) is 13.2 Å². The van der Waals surface area contributed by atoms with E-state index in [-0.39, 0.29) is 6.61 Å². The van der Waals surface area contributed by atoms with E-state index >= 15 is 0 Å². The van der Waals surface area contributed by atoms with Crippen LogP contribution in [0.15, 0.2) is 72.7 Å². The molecule has 2 aromatic carbocycles. The highest BCUT2D eigenvalue weighted by atomic mass is 31.2. The van der Waals surface area contributed by atoms with E-state index in [0.717, 1.165) is 5.56 Å². The van der Waals surface area contributed by atoms with Gasteiger partial charge in [0.25, 0.3) is 7.37 Å². The van der Waals surface area contributed by atoms with E-state index < -0.39 is 13.5 Å². The van der Waals surface area contributed by atoms with Crippen LogP contribution < -0.4 is 5.30 Å². The minimum absolute atomic E-state index is 0.264. The van der Waals surface area contributed by atoms with Crippen LogP contribution in [0.4, 0.5) is 4.79 Å². The van der Waals surface area contributed by atoms with E-state index in [1.807, 2.05) is 48.5 Å². The lowest BCUT2D eigenvalue weighted by Gasteiger charge is -2.20. The molecule has 0 fully saturated rings. The predicted molar refractivity (Wildman–Crippen MR) is 103 cm³/mol. The van der Waals surface area contributed by atoms with Gasteiger partial charge in [0.2, 0.25) is 0 Å². The van der Waals surface area contributed by atoms with Gasteiger partial charge in [0, 0.05) is 17.3 Å². The molecule has 26 heavy (non-hydrogen) atoms. The van der Waals surface area contributed by atoms with Crippen molar-refractivity contribution in [3.8, 4) is 0 Å². The molecule has 0 aromatic heterocycles. The number of carbonyl (C=O) groups is 1. The first-order valence-corrected chi connectivity index (χ1v) is 10.2. The number of amides is 1. The predicted octanol–water partition coefficient (Wildman–Crippen LogP) is 4.76. The van der Waals surface area contributed by atoms with Gasteiger partial charge >= 0.3 is 6.09 Å². The number of carbonyl (C=O) groups excluding carboxylic acids is 1. The lowest BCUT2D eigenvalue weighted by molar-refractivity contribution is 0.120. The van der Waals surface area contributed by atoms with E-state index in [1.165, 1.54) is 16.9 Å². The highest BCUT2D eigenvalue weighted by molar-refractivity contribution is 7.70. The maximum atomic E-state index is 13.3. The standard InChI is InChI=1S/C20H24NO4P/c1-3-24-20(22)21(17-18-11-7-5-8-12-18)15-16-26(23,25-4-2)19-13-9-6-10-14-19/h5-16H,3-4,17H2,1-2H3/b16-15+. The van der Waals surface area contributed by atoms with Crippen LogP contribution in [-0.4, -0.2) is 24.2 Å². The summed E-state index contributed by atoms with van der Waals surface area (Å²) >= 11 is 0. The topological polar surface area (TPSA) is 55.8 Å². The molecule has 2 aromatic rings. The normalized spacial score (nSPS) is 13.3. The minimum atomic E-state index is -3.22. The molecule has 1 amide bonds. The maximum absolute atomic E-state index is 13.3. The number of nitrogens with zero attached hydrogens (tertiary/aromatic N) is 1. The average Bonchev–Trinajstić information content (AvgIpc) is 2.67. The fourth-order valence-electron chi connectivity index (χ4n) is 2.36. The largest absolute Gasteiger partial charge is 0.449 e. The zero-order valence-corrected chi connectivity index (χ0v) is 16.0. The average molecular weight is 373 g/mol. The Bertz CT molecular complexity index is 762. The third-order valence-corrected chi connectivity index (χ3v) is 5.76. The van der Waals surface area contributed by atoms with Gasteiger partial charge in [-0.05, 0) is 31.5 Å². The van der Waals surface area contributed by atoms with Gasteiger partial charge in [0.15, 0.2) is 0 Å². The van der Waals surface area contributed by atoms with Gasteiger partial charge in [0.05, 0.1) is 19.8 Å². The zero-order chi connectivity index (χ0) is 18.8. The first-order chi connectivity index (χ1) is 12.6. The highest BCUT2D eigenvalue weighted by Gasteiger charge is 2.23. The fraction of sp³-hybridized carbons (Fsp3) is 0.250. The van der Waals surface area contributed by atoms with Gasteiger partial charge in [-0.25, -0.2) is 4.79 Å². The molecule has 6 heteroatoms. The molecule has 0 heterocycles. The molecule has 5 nitrogen and oxygen atoms in total. The Kier molecular flexibility index (Phi) is 7.64. The van der Waals surface area contributed by atoms with Crippen LogP contribution in [0.25, 0.3) is 0 Å². The second kappa shape index (κ2) is 9.95. The van der Waals surface area contributed by atoms with Crippen molar-refractivity contribution in [2.24, 2.45) is 0 Å². The molecule has 0 spiro atoms. The number of rotatable bonds is 8. The van der Waals surface area contributed by atoms with E-state index in [9.17, 15) is 9.36 Å². The van der Waals surface area contributed by atoms with Crippen LogP contribution in [0.5, 0.6) is 0 Å². The summed E-state index contributed by atoms with van der Waals surface area (Å²) in [5.74, 6) is 1.46. The first-order valence-electron chi connectivity index (χ1n) is 8.55. The summed E-state index contributed by atoms with van der Waals surface area (Å²) in [4.78, 5) is 13.7. The van der Waals surface area contributed by atoms with Gasteiger partial charge in [-0.3, -0.25) is 9.46 Å². The van der Waals surface area contributed by atoms with Crippen LogP contribution in [0.2, 0.25) is 0 Å². The van der Waals surface area contributed by atoms with Gasteiger partial charge in [-0.1, -0.05) is 48.5 Å². The fourth-order valence-corrected chi connectivity index (χ4v) is 4.08. The monoisotopic (exact) mass is 373 g/mol. The van der Waals surface area contributed by atoms with Crippen molar-refractivity contribution < 1.29 is 18.6 Å². The van der Waals surface area contributed by atoms with Crippen molar-refractivity contribution in [1.82, 2.24) is 4.90 Å². The van der Waals surface area contributed by atoms with Crippen LogP contribution in [0.3, 0.4) is 0 Å². The smallest absolute Gasteiger partial charge is 0.414 e. The Hall–Kier alpha value is -2.36. The van der Waals surface area contributed by atoms with Crippen molar-refractivity contribution in [3.63, 3.8) is 0 Å². The summed E-state index contributed by atoms with van der Waals surface area (Å²) < 4.78 is 23.9. The lowest BCUT2D eigenvalue weighted by atomic mass is 10.2. The quantitative estimate of drug-likeness (QED) is 0.626. The SMILES string of the molecule is CCOC(=O)N(/C=C/P(=O)(OCC)c1ccccc1)Cc1ccccc1. The molecule has 2 rings (SSSR count). The molecule has 0 saturated carbocycles. The molecule has 1 unspecified atom stereocenters. The van der Waals surface area contributed by atoms with Crippen LogP contribution >= 0.6 is 7.37 Å². The molecule has 0 saturated heterocycles. The van der Waals surface area contributed by atoms with Gasteiger partial charge in [-0.15, -0.1) is 0 Å². The van der Waals surface area contributed by atoms with Crippen LogP contribution in [0, 0.1) is 0 Å². The van der Waals surface area contributed by atoms with E-state index in [2.05, 4.69) is 0 Å². The summed E-state index contributed by atoms with van der Waals surface area (Å²) in [6.45, 7) is 4.42. The second-order valence-corrected chi connectivity index (χ2v) is 7.73. The maximum Gasteiger partial charge on any atom is 0.414 e. The molecule has 0 aliphatic rings. The molecular weight excluding hydrogens is 349 g/mol. The van der Waals surface area contributed by atoms with Crippen LogP contribution in [0.1, 0.15) is 19.4 Å². The molecule has 0 radical (unpaired) electrons. The minimum Gasteiger partial charge on any atom is -0.449 e. The Morgan fingerprint density at radius 2 is 1.62 bits per heavy atom. The van der Waals surface area contributed by atoms with Gasteiger partial charge in [0.1, 0.15) is 0 Å². The van der Waals surface area contributed by atoms with Crippen LogP contribution in [-0.2, 0) is 20.4 Å². The highest BCUT2D eigenvalue weighted by Crippen LogP contribution is 2.47.